The summed E-state index contributed by atoms with van der Waals surface area (Å²) in [5, 5.41) is 10.0. The van der Waals surface area contributed by atoms with Crippen molar-refractivity contribution in [1.82, 2.24) is 14.9 Å². The maximum Gasteiger partial charge on any atom is 0.262 e. The fraction of sp³-hybridized carbons (Fsp3) is 0.105. The van der Waals surface area contributed by atoms with E-state index in [0.29, 0.717) is 10.8 Å². The maximum absolute atomic E-state index is 12.9. The van der Waals surface area contributed by atoms with Crippen LogP contribution in [-0.4, -0.2) is 40.5 Å². The summed E-state index contributed by atoms with van der Waals surface area (Å²) in [6.45, 7) is -0.699. The first-order valence-corrected chi connectivity index (χ1v) is 12.7. The molecule has 0 aliphatic rings. The van der Waals surface area contributed by atoms with Crippen LogP contribution in [0.3, 0.4) is 0 Å². The van der Waals surface area contributed by atoms with Gasteiger partial charge in [-0.3, -0.25) is 10.0 Å². The lowest BCUT2D eigenvalue weighted by Crippen LogP contribution is -2.51. The highest BCUT2D eigenvalue weighted by Gasteiger charge is 2.29. The Bertz CT molecular complexity index is 1380. The molecule has 3 rings (SSSR count). The van der Waals surface area contributed by atoms with Crippen LogP contribution in [0.5, 0.6) is 0 Å². The van der Waals surface area contributed by atoms with Crippen molar-refractivity contribution in [3.8, 4) is 0 Å². The predicted octanol–water partition coefficient (Wildman–Crippen LogP) is 2.28. The first-order valence-electron chi connectivity index (χ1n) is 8.94. The van der Waals surface area contributed by atoms with Crippen LogP contribution < -0.4 is 14.9 Å². The first-order chi connectivity index (χ1) is 15.0. The number of rotatable bonds is 8. The molecule has 32 heavy (non-hydrogen) atoms. The van der Waals surface area contributed by atoms with E-state index in [-0.39, 0.29) is 14.9 Å². The van der Waals surface area contributed by atoms with E-state index in [2.05, 4.69) is 4.72 Å². The molecule has 0 aromatic heterocycles. The van der Waals surface area contributed by atoms with Crippen LogP contribution in [-0.2, 0) is 24.8 Å². The van der Waals surface area contributed by atoms with Gasteiger partial charge in [0.05, 0.1) is 9.92 Å². The van der Waals surface area contributed by atoms with Crippen molar-refractivity contribution in [3.63, 3.8) is 0 Å². The highest BCUT2D eigenvalue weighted by molar-refractivity contribution is 7.90. The van der Waals surface area contributed by atoms with Gasteiger partial charge in [-0.25, -0.2) is 27.0 Å². The lowest BCUT2D eigenvalue weighted by atomic mass is 10.1. The summed E-state index contributed by atoms with van der Waals surface area (Å²) < 4.78 is 55.4. The molecule has 170 valence electrons. The van der Waals surface area contributed by atoms with Gasteiger partial charge in [-0.2, -0.15) is 4.72 Å². The zero-order chi connectivity index (χ0) is 23.5. The second-order valence-corrected chi connectivity index (χ2v) is 10.8. The highest BCUT2D eigenvalue weighted by Crippen LogP contribution is 2.25. The molecule has 3 aromatic carbocycles. The van der Waals surface area contributed by atoms with Gasteiger partial charge in [-0.15, -0.1) is 0 Å². The van der Waals surface area contributed by atoms with Crippen molar-refractivity contribution in [3.05, 3.63) is 70.7 Å². The molecule has 0 bridgehead atoms. The lowest BCUT2D eigenvalue weighted by molar-refractivity contribution is -0.130. The van der Waals surface area contributed by atoms with Crippen molar-refractivity contribution in [2.45, 2.75) is 15.8 Å². The smallest absolute Gasteiger partial charge is 0.262 e. The Balaban J connectivity index is 1.88. The third-order valence-corrected chi connectivity index (χ3v) is 8.09. The molecule has 1 atom stereocenters. The molecule has 4 N–H and O–H groups in total. The van der Waals surface area contributed by atoms with Gasteiger partial charge >= 0.3 is 0 Å². The molecule has 9 nitrogen and oxygen atoms in total. The van der Waals surface area contributed by atoms with Crippen molar-refractivity contribution in [2.24, 2.45) is 0 Å². The molecule has 0 saturated carbocycles. The molecule has 0 saturated heterocycles. The van der Waals surface area contributed by atoms with Crippen LogP contribution in [0, 0.1) is 0 Å². The summed E-state index contributed by atoms with van der Waals surface area (Å²) in [6.07, 6.45) is 0. The van der Waals surface area contributed by atoms with Gasteiger partial charge in [0.1, 0.15) is 10.9 Å². The quantitative estimate of drug-likeness (QED) is 0.266. The Kier molecular flexibility index (Phi) is 7.40. The second-order valence-electron chi connectivity index (χ2n) is 6.55. The van der Waals surface area contributed by atoms with Crippen molar-refractivity contribution in [1.29, 1.82) is 0 Å². The Morgan fingerprint density at radius 2 is 1.59 bits per heavy atom. The van der Waals surface area contributed by atoms with Gasteiger partial charge in [0.15, 0.2) is 0 Å². The lowest BCUT2D eigenvalue weighted by Gasteiger charge is -2.18. The van der Waals surface area contributed by atoms with Gasteiger partial charge < -0.3 is 0 Å². The third-order valence-electron chi connectivity index (χ3n) is 4.42. The number of carbonyl (C=O) groups excluding carboxylic acids is 1. The van der Waals surface area contributed by atoms with E-state index in [1.54, 1.807) is 36.4 Å². The minimum atomic E-state index is -4.41. The zero-order valence-corrected chi connectivity index (χ0v) is 19.3. The maximum atomic E-state index is 12.9. The molecule has 0 heterocycles. The number of hydrogen-bond acceptors (Lipinski definition) is 6. The minimum absolute atomic E-state index is 0.0560. The zero-order valence-electron chi connectivity index (χ0n) is 16.1. The van der Waals surface area contributed by atoms with E-state index in [9.17, 15) is 21.6 Å². The molecule has 3 aromatic rings. The largest absolute Gasteiger partial charge is 0.289 e. The molecule has 0 aliphatic carbocycles. The van der Waals surface area contributed by atoms with Gasteiger partial charge in [-0.05, 0) is 29.7 Å². The average Bonchev–Trinajstić information content (AvgIpc) is 2.77. The highest BCUT2D eigenvalue weighted by atomic mass is 35.5. The normalized spacial score (nSPS) is 13.1. The second kappa shape index (κ2) is 9.71. The van der Waals surface area contributed by atoms with Crippen LogP contribution in [0.4, 0.5) is 0 Å². The molecule has 0 radical (unpaired) electrons. The molecule has 0 spiro atoms. The number of hydrogen-bond donors (Lipinski definition) is 4. The Morgan fingerprint density at radius 3 is 2.31 bits per heavy atom. The summed E-state index contributed by atoms with van der Waals surface area (Å²) in [5.74, 6) is -1.19. The number of nitrogens with one attached hydrogen (secondary N) is 3. The van der Waals surface area contributed by atoms with Gasteiger partial charge in [0.2, 0.25) is 20.0 Å². The minimum Gasteiger partial charge on any atom is -0.289 e. The topological polar surface area (TPSA) is 142 Å². The predicted molar refractivity (Wildman–Crippen MR) is 120 cm³/mol. The van der Waals surface area contributed by atoms with Crippen LogP contribution in [0.1, 0.15) is 0 Å². The standard InChI is InChI=1S/C19H17Cl2N3O6S2/c20-13-8-9-15(21)18(10-13)32(29,30)24-16(19(25)23-26)11-22-31(27,28)17-7-3-5-12-4-1-2-6-14(12)17/h1-10,16,22,24,26H,11H2,(H,23,25). The van der Waals surface area contributed by atoms with E-state index >= 15 is 0 Å². The summed E-state index contributed by atoms with van der Waals surface area (Å²) >= 11 is 11.7. The Labute approximate surface area is 194 Å². The fourth-order valence-corrected chi connectivity index (χ4v) is 6.13. The number of sulfonamides is 2. The molecule has 13 heteroatoms. The Hall–Kier alpha value is -2.25. The van der Waals surface area contributed by atoms with Crippen molar-refractivity contribution >= 4 is 59.9 Å². The molecular weight excluding hydrogens is 501 g/mol. The molecule has 0 fully saturated rings. The third kappa shape index (κ3) is 5.38. The van der Waals surface area contributed by atoms with Crippen LogP contribution in [0.25, 0.3) is 10.8 Å². The molecular formula is C19H17Cl2N3O6S2. The molecule has 1 unspecified atom stereocenters. The van der Waals surface area contributed by atoms with Crippen LogP contribution in [0.15, 0.2) is 70.5 Å². The van der Waals surface area contributed by atoms with Crippen LogP contribution in [0.2, 0.25) is 10.0 Å². The summed E-state index contributed by atoms with van der Waals surface area (Å²) in [4.78, 5) is 11.6. The number of carbonyl (C=O) groups is 1. The van der Waals surface area contributed by atoms with Gasteiger partial charge in [-0.1, -0.05) is 59.6 Å². The number of fused-ring (bicyclic) bond motifs is 1. The monoisotopic (exact) mass is 517 g/mol. The Morgan fingerprint density at radius 1 is 0.906 bits per heavy atom. The van der Waals surface area contributed by atoms with E-state index < -0.39 is 43.4 Å². The molecule has 0 aliphatic heterocycles. The van der Waals surface area contributed by atoms with E-state index in [1.807, 2.05) is 4.72 Å². The van der Waals surface area contributed by atoms with Crippen molar-refractivity contribution < 1.29 is 26.8 Å². The fourth-order valence-electron chi connectivity index (χ4n) is 2.90. The average molecular weight is 518 g/mol. The van der Waals surface area contributed by atoms with Crippen molar-refractivity contribution in [2.75, 3.05) is 6.54 Å². The van der Waals surface area contributed by atoms with E-state index in [1.165, 1.54) is 23.7 Å². The van der Waals surface area contributed by atoms with Gasteiger partial charge in [0.25, 0.3) is 5.91 Å². The first kappa shape index (κ1) is 24.4. The van der Waals surface area contributed by atoms with Gasteiger partial charge in [0, 0.05) is 17.0 Å². The summed E-state index contributed by atoms with van der Waals surface area (Å²) in [7, 11) is -8.56. The SMILES string of the molecule is O=C(NO)C(CNS(=O)(=O)c1cccc2ccccc12)NS(=O)(=O)c1cc(Cl)ccc1Cl. The number of benzene rings is 3. The summed E-state index contributed by atoms with van der Waals surface area (Å²) in [6, 6.07) is 13.4. The number of amides is 1. The number of hydroxylamine groups is 1. The van der Waals surface area contributed by atoms with Crippen LogP contribution >= 0.6 is 23.2 Å². The molecule has 1 amide bonds. The summed E-state index contributed by atoms with van der Waals surface area (Å²) in [5.41, 5.74) is 1.31. The van der Waals surface area contributed by atoms with E-state index in [4.69, 9.17) is 28.4 Å². The van der Waals surface area contributed by atoms with E-state index in [0.717, 1.165) is 6.07 Å². The number of halogens is 2.